The lowest BCUT2D eigenvalue weighted by atomic mass is 10.1. The Bertz CT molecular complexity index is 579. The van der Waals surface area contributed by atoms with Gasteiger partial charge in [-0.05, 0) is 17.9 Å². The molecule has 0 aliphatic rings. The summed E-state index contributed by atoms with van der Waals surface area (Å²) in [6.07, 6.45) is 3.06. The Balaban J connectivity index is 1.88. The monoisotopic (exact) mass is 256 g/mol. The molecule has 3 nitrogen and oxygen atoms in total. The molecule has 1 N–H and O–H groups in total. The van der Waals surface area contributed by atoms with E-state index in [1.807, 2.05) is 18.2 Å². The van der Waals surface area contributed by atoms with E-state index in [1.54, 1.807) is 5.38 Å². The summed E-state index contributed by atoms with van der Waals surface area (Å²) in [6.45, 7) is 0. The lowest BCUT2D eigenvalue weighted by molar-refractivity contribution is 0.321. The second kappa shape index (κ2) is 6.58. The maximum Gasteiger partial charge on any atom is 0.167 e. The van der Waals surface area contributed by atoms with Gasteiger partial charge in [-0.1, -0.05) is 41.4 Å². The maximum atomic E-state index is 8.37. The zero-order valence-corrected chi connectivity index (χ0v) is 10.5. The number of hydrogen-bond donors (Lipinski definition) is 1. The maximum absolute atomic E-state index is 8.37. The van der Waals surface area contributed by atoms with Gasteiger partial charge in [-0.15, -0.1) is 11.3 Å². The van der Waals surface area contributed by atoms with Crippen molar-refractivity contribution in [3.05, 3.63) is 52.0 Å². The van der Waals surface area contributed by atoms with Gasteiger partial charge >= 0.3 is 0 Å². The van der Waals surface area contributed by atoms with Gasteiger partial charge in [0.05, 0.1) is 11.9 Å². The van der Waals surface area contributed by atoms with Gasteiger partial charge in [0.2, 0.25) is 0 Å². The summed E-state index contributed by atoms with van der Waals surface area (Å²) in [6, 6.07) is 10.3. The molecule has 0 spiro atoms. The molecule has 0 aliphatic carbocycles. The van der Waals surface area contributed by atoms with Crippen LogP contribution in [-0.2, 0) is 6.42 Å². The van der Waals surface area contributed by atoms with E-state index >= 15 is 0 Å². The Morgan fingerprint density at radius 3 is 2.94 bits per heavy atom. The Labute approximate surface area is 110 Å². The third-order valence-electron chi connectivity index (χ3n) is 2.29. The minimum atomic E-state index is 0.634. The van der Waals surface area contributed by atoms with E-state index in [1.165, 1.54) is 23.1 Å². The zero-order chi connectivity index (χ0) is 12.6. The van der Waals surface area contributed by atoms with E-state index in [4.69, 9.17) is 5.21 Å². The molecule has 0 amide bonds. The Morgan fingerprint density at radius 1 is 1.33 bits per heavy atom. The number of thiazole rings is 1. The molecular formula is C14H12N2OS. The van der Waals surface area contributed by atoms with Gasteiger partial charge in [0.25, 0.3) is 0 Å². The van der Waals surface area contributed by atoms with E-state index in [0.717, 1.165) is 17.8 Å². The Hall–Kier alpha value is -2.12. The summed E-state index contributed by atoms with van der Waals surface area (Å²) in [5, 5.41) is 13.8. The highest BCUT2D eigenvalue weighted by Gasteiger charge is 1.95. The van der Waals surface area contributed by atoms with Crippen molar-refractivity contribution < 1.29 is 5.21 Å². The zero-order valence-electron chi connectivity index (χ0n) is 9.71. The molecule has 18 heavy (non-hydrogen) atoms. The van der Waals surface area contributed by atoms with E-state index in [2.05, 4.69) is 34.1 Å². The van der Waals surface area contributed by atoms with Crippen molar-refractivity contribution in [3.63, 3.8) is 0 Å². The predicted molar refractivity (Wildman–Crippen MR) is 73.1 cm³/mol. The van der Waals surface area contributed by atoms with Crippen LogP contribution in [0.2, 0.25) is 0 Å². The largest absolute Gasteiger partial charge is 0.411 e. The fourth-order valence-corrected chi connectivity index (χ4v) is 2.09. The van der Waals surface area contributed by atoms with Crippen molar-refractivity contribution in [3.8, 4) is 11.8 Å². The van der Waals surface area contributed by atoms with Gasteiger partial charge in [0.1, 0.15) is 0 Å². The molecule has 0 aliphatic heterocycles. The normalized spacial score (nSPS) is 10.2. The number of rotatable bonds is 3. The number of hydrogen-bond acceptors (Lipinski definition) is 4. The summed E-state index contributed by atoms with van der Waals surface area (Å²) < 4.78 is 0. The first-order chi connectivity index (χ1) is 8.88. The van der Waals surface area contributed by atoms with Crippen LogP contribution in [-0.4, -0.2) is 16.4 Å². The van der Waals surface area contributed by atoms with Crippen molar-refractivity contribution in [2.24, 2.45) is 5.16 Å². The van der Waals surface area contributed by atoms with Crippen LogP contribution in [0.4, 0.5) is 0 Å². The quantitative estimate of drug-likeness (QED) is 0.397. The minimum Gasteiger partial charge on any atom is -0.411 e. The predicted octanol–water partition coefficient (Wildman–Crippen LogP) is 2.94. The molecule has 1 heterocycles. The van der Waals surface area contributed by atoms with Crippen molar-refractivity contribution in [2.75, 3.05) is 0 Å². The molecule has 4 heteroatoms. The molecule has 2 rings (SSSR count). The van der Waals surface area contributed by atoms with Crippen LogP contribution in [0.25, 0.3) is 0 Å². The number of oxime groups is 1. The first-order valence-corrected chi connectivity index (χ1v) is 6.42. The standard InChI is InChI=1S/C14H12N2OS/c17-15-10-13-11-18-14(16-13)9-5-4-8-12-6-2-1-3-7-12/h1-3,6-7,10-11,17H,4,8H2/b15-10-. The number of benzene rings is 1. The first-order valence-electron chi connectivity index (χ1n) is 5.54. The van der Waals surface area contributed by atoms with E-state index in [-0.39, 0.29) is 0 Å². The molecule has 0 saturated carbocycles. The second-order valence-corrected chi connectivity index (χ2v) is 4.47. The fourth-order valence-electron chi connectivity index (χ4n) is 1.45. The summed E-state index contributed by atoms with van der Waals surface area (Å²) in [7, 11) is 0. The summed E-state index contributed by atoms with van der Waals surface area (Å²) >= 11 is 1.45. The molecular weight excluding hydrogens is 244 g/mol. The summed E-state index contributed by atoms with van der Waals surface area (Å²) in [5.74, 6) is 6.10. The number of nitrogens with zero attached hydrogens (tertiary/aromatic N) is 2. The van der Waals surface area contributed by atoms with Crippen molar-refractivity contribution in [1.82, 2.24) is 4.98 Å². The van der Waals surface area contributed by atoms with Crippen molar-refractivity contribution in [2.45, 2.75) is 12.8 Å². The first kappa shape index (κ1) is 12.3. The third-order valence-corrected chi connectivity index (χ3v) is 3.06. The molecule has 0 atom stereocenters. The smallest absolute Gasteiger partial charge is 0.167 e. The molecule has 1 aromatic heterocycles. The SMILES string of the molecule is O/N=C\c1csc(C#CCCc2ccccc2)n1. The van der Waals surface area contributed by atoms with Crippen LogP contribution < -0.4 is 0 Å². The highest BCUT2D eigenvalue weighted by molar-refractivity contribution is 7.10. The summed E-state index contributed by atoms with van der Waals surface area (Å²) in [5.41, 5.74) is 1.92. The van der Waals surface area contributed by atoms with Gasteiger partial charge in [0.15, 0.2) is 5.01 Å². The molecule has 0 fully saturated rings. The molecule has 0 radical (unpaired) electrons. The van der Waals surface area contributed by atoms with Crippen molar-refractivity contribution in [1.29, 1.82) is 0 Å². The van der Waals surface area contributed by atoms with Gasteiger partial charge in [-0.25, -0.2) is 4.98 Å². The molecule has 0 saturated heterocycles. The molecule has 2 aromatic rings. The highest BCUT2D eigenvalue weighted by Crippen LogP contribution is 2.07. The van der Waals surface area contributed by atoms with Crippen LogP contribution >= 0.6 is 11.3 Å². The Kier molecular flexibility index (Phi) is 4.51. The second-order valence-electron chi connectivity index (χ2n) is 3.61. The average molecular weight is 256 g/mol. The highest BCUT2D eigenvalue weighted by atomic mass is 32.1. The molecule has 90 valence electrons. The van der Waals surface area contributed by atoms with Crippen LogP contribution in [0, 0.1) is 11.8 Å². The molecule has 0 bridgehead atoms. The van der Waals surface area contributed by atoms with Crippen molar-refractivity contribution >= 4 is 17.6 Å². The van der Waals surface area contributed by atoms with Crippen LogP contribution in [0.1, 0.15) is 22.7 Å². The summed E-state index contributed by atoms with van der Waals surface area (Å²) in [4.78, 5) is 4.18. The Morgan fingerprint density at radius 2 is 2.17 bits per heavy atom. The lowest BCUT2D eigenvalue weighted by Crippen LogP contribution is -1.82. The lowest BCUT2D eigenvalue weighted by Gasteiger charge is -1.94. The average Bonchev–Trinajstić information content (AvgIpc) is 2.84. The van der Waals surface area contributed by atoms with Crippen LogP contribution in [0.15, 0.2) is 40.9 Å². The van der Waals surface area contributed by atoms with Crippen LogP contribution in [0.3, 0.4) is 0 Å². The topological polar surface area (TPSA) is 45.5 Å². The van der Waals surface area contributed by atoms with Gasteiger partial charge in [0, 0.05) is 11.8 Å². The minimum absolute atomic E-state index is 0.634. The number of aryl methyl sites for hydroxylation is 1. The van der Waals surface area contributed by atoms with E-state index < -0.39 is 0 Å². The fraction of sp³-hybridized carbons (Fsp3) is 0.143. The van der Waals surface area contributed by atoms with Gasteiger partial charge in [-0.2, -0.15) is 0 Å². The van der Waals surface area contributed by atoms with E-state index in [9.17, 15) is 0 Å². The molecule has 1 aromatic carbocycles. The van der Waals surface area contributed by atoms with Crippen LogP contribution in [0.5, 0.6) is 0 Å². The molecule has 0 unspecified atom stereocenters. The van der Waals surface area contributed by atoms with Gasteiger partial charge < -0.3 is 5.21 Å². The van der Waals surface area contributed by atoms with E-state index in [0.29, 0.717) is 5.69 Å². The van der Waals surface area contributed by atoms with Gasteiger partial charge in [-0.3, -0.25) is 0 Å². The third kappa shape index (κ3) is 3.72. The number of aromatic nitrogens is 1.